The van der Waals surface area contributed by atoms with E-state index in [4.69, 9.17) is 11.6 Å². The lowest BCUT2D eigenvalue weighted by molar-refractivity contribution is -0.414. The number of halogens is 1. The Kier molecular flexibility index (Phi) is 5.49. The Balaban J connectivity index is 1.40. The molecule has 1 unspecified atom stereocenters. The van der Waals surface area contributed by atoms with Crippen molar-refractivity contribution in [2.24, 2.45) is 0 Å². The zero-order chi connectivity index (χ0) is 21.5. The van der Waals surface area contributed by atoms with Crippen molar-refractivity contribution < 1.29 is 25.2 Å². The maximum absolute atomic E-state index is 12.4. The number of aliphatic hydroxyl groups is 4. The number of rotatable bonds is 5. The van der Waals surface area contributed by atoms with Crippen molar-refractivity contribution >= 4 is 23.3 Å². The molecule has 1 aromatic carbocycles. The first-order valence-electron chi connectivity index (χ1n) is 9.55. The predicted molar refractivity (Wildman–Crippen MR) is 109 cm³/mol. The number of urea groups is 1. The van der Waals surface area contributed by atoms with Crippen LogP contribution in [-0.2, 0) is 0 Å². The third-order valence-corrected chi connectivity index (χ3v) is 5.74. The SMILES string of the molecule is O=C1N(CC(O)(O)C(O)(O)N2CCN(c3cccc(Cl)c3)CC2)NC2C=CC=CN12. The van der Waals surface area contributed by atoms with Crippen LogP contribution in [0.25, 0.3) is 0 Å². The Morgan fingerprint density at radius 1 is 1.10 bits per heavy atom. The number of carbonyl (C=O) groups is 1. The van der Waals surface area contributed by atoms with Crippen LogP contribution in [0.2, 0.25) is 5.02 Å². The molecule has 0 spiro atoms. The van der Waals surface area contributed by atoms with Gasteiger partial charge in [-0.05, 0) is 30.4 Å². The molecule has 1 aromatic rings. The van der Waals surface area contributed by atoms with Gasteiger partial charge in [0.15, 0.2) is 0 Å². The van der Waals surface area contributed by atoms with Crippen molar-refractivity contribution in [3.63, 3.8) is 0 Å². The minimum Gasteiger partial charge on any atom is -0.369 e. The molecule has 2 saturated heterocycles. The molecule has 3 aliphatic rings. The fourth-order valence-corrected chi connectivity index (χ4v) is 3.97. The maximum atomic E-state index is 12.4. The number of β-amino-alcohol motifs (C(OH)–C–C–N with tert-alkyl or cyclic N) is 2. The number of hydrogen-bond acceptors (Lipinski definition) is 8. The van der Waals surface area contributed by atoms with E-state index in [0.29, 0.717) is 18.1 Å². The van der Waals surface area contributed by atoms with Crippen molar-refractivity contribution in [1.82, 2.24) is 20.2 Å². The lowest BCUT2D eigenvalue weighted by Gasteiger charge is -2.47. The molecule has 3 aliphatic heterocycles. The van der Waals surface area contributed by atoms with E-state index >= 15 is 0 Å². The standard InChI is InChI=1S/C19H24ClN5O5/c20-14-4-3-5-15(12-14)22-8-10-23(11-9-22)19(29,30)18(27,28)13-25-17(26)24-7-2-1-6-16(24)21-25/h1-7,12,16,21,27-30H,8-11,13H2. The summed E-state index contributed by atoms with van der Waals surface area (Å²) >= 11 is 6.03. The van der Waals surface area contributed by atoms with E-state index in [9.17, 15) is 25.2 Å². The second kappa shape index (κ2) is 7.82. The number of allylic oxidation sites excluding steroid dienone is 2. The zero-order valence-corrected chi connectivity index (χ0v) is 16.9. The fourth-order valence-electron chi connectivity index (χ4n) is 3.78. The Morgan fingerprint density at radius 2 is 1.83 bits per heavy atom. The van der Waals surface area contributed by atoms with E-state index in [-0.39, 0.29) is 13.1 Å². The van der Waals surface area contributed by atoms with Crippen LogP contribution in [0.3, 0.4) is 0 Å². The summed E-state index contributed by atoms with van der Waals surface area (Å²) in [5.41, 5.74) is 3.69. The molecule has 2 amide bonds. The van der Waals surface area contributed by atoms with Gasteiger partial charge in [0.2, 0.25) is 0 Å². The van der Waals surface area contributed by atoms with Crippen LogP contribution in [0.15, 0.2) is 48.7 Å². The van der Waals surface area contributed by atoms with Gasteiger partial charge in [-0.15, -0.1) is 0 Å². The molecule has 0 bridgehead atoms. The number of nitrogens with one attached hydrogen (secondary N) is 1. The van der Waals surface area contributed by atoms with Gasteiger partial charge < -0.3 is 25.3 Å². The normalized spacial score (nSPS) is 22.8. The highest BCUT2D eigenvalue weighted by molar-refractivity contribution is 6.30. The first kappa shape index (κ1) is 21.1. The summed E-state index contributed by atoms with van der Waals surface area (Å²) in [5, 5.41) is 43.8. The van der Waals surface area contributed by atoms with Gasteiger partial charge in [0.1, 0.15) is 12.7 Å². The van der Waals surface area contributed by atoms with E-state index in [1.165, 1.54) is 9.80 Å². The first-order chi connectivity index (χ1) is 14.2. The molecular formula is C19H24ClN5O5. The quantitative estimate of drug-likeness (QED) is 0.388. The topological polar surface area (TPSA) is 123 Å². The molecule has 0 radical (unpaired) electrons. The van der Waals surface area contributed by atoms with Crippen LogP contribution < -0.4 is 10.3 Å². The zero-order valence-electron chi connectivity index (χ0n) is 16.1. The number of benzene rings is 1. The average Bonchev–Trinajstić information content (AvgIpc) is 3.03. The van der Waals surface area contributed by atoms with Crippen LogP contribution >= 0.6 is 11.6 Å². The van der Waals surface area contributed by atoms with Crippen molar-refractivity contribution in [3.8, 4) is 0 Å². The molecule has 1 atom stereocenters. The van der Waals surface area contributed by atoms with Gasteiger partial charge in [-0.2, -0.15) is 0 Å². The molecular weight excluding hydrogens is 414 g/mol. The number of amides is 2. The number of nitrogens with zero attached hydrogens (tertiary/aromatic N) is 4. The predicted octanol–water partition coefficient (Wildman–Crippen LogP) is -0.567. The average molecular weight is 438 g/mol. The highest BCUT2D eigenvalue weighted by atomic mass is 35.5. The highest BCUT2D eigenvalue weighted by Gasteiger charge is 2.55. The van der Waals surface area contributed by atoms with Gasteiger partial charge in [0, 0.05) is 43.1 Å². The third kappa shape index (κ3) is 3.79. The van der Waals surface area contributed by atoms with E-state index in [1.54, 1.807) is 30.5 Å². The number of anilines is 1. The third-order valence-electron chi connectivity index (χ3n) is 5.50. The molecule has 11 heteroatoms. The Labute approximate surface area is 178 Å². The summed E-state index contributed by atoms with van der Waals surface area (Å²) in [6.07, 6.45) is 6.22. The molecule has 0 aromatic heterocycles. The molecule has 0 aliphatic carbocycles. The monoisotopic (exact) mass is 437 g/mol. The molecule has 10 nitrogen and oxygen atoms in total. The molecule has 30 heavy (non-hydrogen) atoms. The Morgan fingerprint density at radius 3 is 2.50 bits per heavy atom. The number of hydrazine groups is 1. The van der Waals surface area contributed by atoms with Crippen LogP contribution in [0.4, 0.5) is 10.5 Å². The number of piperazine rings is 1. The van der Waals surface area contributed by atoms with Crippen LogP contribution in [-0.4, -0.2) is 91.9 Å². The summed E-state index contributed by atoms with van der Waals surface area (Å²) in [6.45, 7) is 0.410. The second-order valence-electron chi connectivity index (χ2n) is 7.48. The largest absolute Gasteiger partial charge is 0.369 e. The minimum atomic E-state index is -3.00. The van der Waals surface area contributed by atoms with E-state index in [0.717, 1.165) is 10.7 Å². The number of hydrogen-bond donors (Lipinski definition) is 5. The minimum absolute atomic E-state index is 0.157. The molecule has 5 N–H and O–H groups in total. The van der Waals surface area contributed by atoms with Gasteiger partial charge >= 0.3 is 6.03 Å². The van der Waals surface area contributed by atoms with E-state index in [2.05, 4.69) is 5.43 Å². The molecule has 0 saturated carbocycles. The molecule has 4 rings (SSSR count). The summed E-state index contributed by atoms with van der Waals surface area (Å²) in [5.74, 6) is -5.97. The van der Waals surface area contributed by atoms with Gasteiger partial charge in [0.05, 0.1) is 0 Å². The molecule has 162 valence electrons. The smallest absolute Gasteiger partial charge is 0.340 e. The highest BCUT2D eigenvalue weighted by Crippen LogP contribution is 2.28. The summed E-state index contributed by atoms with van der Waals surface area (Å²) in [6, 6.07) is 6.78. The van der Waals surface area contributed by atoms with E-state index in [1.807, 2.05) is 23.1 Å². The van der Waals surface area contributed by atoms with Crippen molar-refractivity contribution in [1.29, 1.82) is 0 Å². The van der Waals surface area contributed by atoms with Gasteiger partial charge in [-0.25, -0.2) is 15.1 Å². The Bertz CT molecular complexity index is 869. The number of fused-ring (bicyclic) bond motifs is 1. The van der Waals surface area contributed by atoms with Crippen molar-refractivity contribution in [2.75, 3.05) is 37.6 Å². The second-order valence-corrected chi connectivity index (χ2v) is 7.92. The van der Waals surface area contributed by atoms with Crippen LogP contribution in [0.5, 0.6) is 0 Å². The van der Waals surface area contributed by atoms with Crippen LogP contribution in [0.1, 0.15) is 0 Å². The van der Waals surface area contributed by atoms with Gasteiger partial charge in [-0.3, -0.25) is 9.91 Å². The first-order valence-corrected chi connectivity index (χ1v) is 9.93. The lowest BCUT2D eigenvalue weighted by atomic mass is 10.1. The maximum Gasteiger partial charge on any atom is 0.340 e. The van der Waals surface area contributed by atoms with Gasteiger partial charge in [0.25, 0.3) is 11.7 Å². The molecule has 3 heterocycles. The van der Waals surface area contributed by atoms with Crippen molar-refractivity contribution in [2.45, 2.75) is 17.9 Å². The van der Waals surface area contributed by atoms with E-state index < -0.39 is 30.4 Å². The lowest BCUT2D eigenvalue weighted by Crippen LogP contribution is -2.71. The number of carbonyl (C=O) groups excluding carboxylic acids is 1. The summed E-state index contributed by atoms with van der Waals surface area (Å²) in [4.78, 5) is 17.0. The fraction of sp³-hybridized carbons (Fsp3) is 0.421. The summed E-state index contributed by atoms with van der Waals surface area (Å²) < 4.78 is 0. The van der Waals surface area contributed by atoms with Crippen LogP contribution in [0, 0.1) is 0 Å². The van der Waals surface area contributed by atoms with Gasteiger partial charge in [-0.1, -0.05) is 23.7 Å². The summed E-state index contributed by atoms with van der Waals surface area (Å²) in [7, 11) is 0. The Hall–Kier alpha value is -2.18. The van der Waals surface area contributed by atoms with Crippen molar-refractivity contribution in [3.05, 3.63) is 53.7 Å². The molecule has 2 fully saturated rings.